The van der Waals surface area contributed by atoms with Gasteiger partial charge in [0.25, 0.3) is 5.91 Å². The van der Waals surface area contributed by atoms with Crippen LogP contribution in [0.15, 0.2) is 54.7 Å². The molecule has 0 spiro atoms. The van der Waals surface area contributed by atoms with Gasteiger partial charge in [-0.05, 0) is 24.6 Å². The first-order chi connectivity index (χ1) is 11.8. The van der Waals surface area contributed by atoms with E-state index in [0.29, 0.717) is 12.1 Å². The molecule has 2 aromatic heterocycles. The van der Waals surface area contributed by atoms with Crippen molar-refractivity contribution in [3.05, 3.63) is 60.3 Å². The summed E-state index contributed by atoms with van der Waals surface area (Å²) in [6.45, 7) is 2.74. The van der Waals surface area contributed by atoms with Crippen molar-refractivity contribution in [2.45, 2.75) is 13.3 Å². The molecule has 0 aliphatic heterocycles. The molecule has 4 aromatic rings. The van der Waals surface area contributed by atoms with E-state index in [1.165, 1.54) is 0 Å². The van der Waals surface area contributed by atoms with Crippen molar-refractivity contribution in [1.29, 1.82) is 0 Å². The number of rotatable bonds is 4. The summed E-state index contributed by atoms with van der Waals surface area (Å²) < 4.78 is 3.16. The van der Waals surface area contributed by atoms with Crippen molar-refractivity contribution in [2.24, 2.45) is 0 Å². The fourth-order valence-corrected chi connectivity index (χ4v) is 3.78. The van der Waals surface area contributed by atoms with Gasteiger partial charge in [0.15, 0.2) is 4.96 Å². The van der Waals surface area contributed by atoms with Crippen molar-refractivity contribution >= 4 is 32.4 Å². The van der Waals surface area contributed by atoms with Gasteiger partial charge in [-0.15, -0.1) is 0 Å². The lowest BCUT2D eigenvalue weighted by Gasteiger charge is -2.03. The van der Waals surface area contributed by atoms with Crippen LogP contribution in [0.25, 0.3) is 26.4 Å². The fourth-order valence-electron chi connectivity index (χ4n) is 2.73. The molecule has 120 valence electrons. The lowest BCUT2D eigenvalue weighted by atomic mass is 10.2. The highest BCUT2D eigenvalue weighted by molar-refractivity contribution is 7.23. The van der Waals surface area contributed by atoms with Gasteiger partial charge in [0.1, 0.15) is 0 Å². The van der Waals surface area contributed by atoms with Gasteiger partial charge in [-0.3, -0.25) is 9.20 Å². The Morgan fingerprint density at radius 3 is 2.83 bits per heavy atom. The minimum atomic E-state index is -0.0187. The van der Waals surface area contributed by atoms with Gasteiger partial charge in [0.05, 0.1) is 15.9 Å². The first-order valence-electron chi connectivity index (χ1n) is 8.01. The van der Waals surface area contributed by atoms with Crippen molar-refractivity contribution < 1.29 is 4.79 Å². The van der Waals surface area contributed by atoms with Gasteiger partial charge in [-0.25, -0.2) is 4.98 Å². The molecule has 5 heteroatoms. The molecule has 0 unspecified atom stereocenters. The SMILES string of the molecule is CCCNC(=O)c1ccc2c(c1)sc1nc(-c3ccccc3)cn12. The molecule has 0 radical (unpaired) electrons. The van der Waals surface area contributed by atoms with Gasteiger partial charge in [-0.2, -0.15) is 0 Å². The number of amides is 1. The Hall–Kier alpha value is -2.66. The number of thiazole rings is 1. The van der Waals surface area contributed by atoms with Crippen molar-refractivity contribution in [1.82, 2.24) is 14.7 Å². The molecule has 0 aliphatic carbocycles. The zero-order chi connectivity index (χ0) is 16.5. The number of hydrogen-bond acceptors (Lipinski definition) is 3. The maximum Gasteiger partial charge on any atom is 0.251 e. The number of nitrogens with zero attached hydrogens (tertiary/aromatic N) is 2. The highest BCUT2D eigenvalue weighted by Gasteiger charge is 2.12. The Morgan fingerprint density at radius 1 is 1.21 bits per heavy atom. The van der Waals surface area contributed by atoms with Crippen molar-refractivity contribution in [3.8, 4) is 11.3 Å². The minimum absolute atomic E-state index is 0.0187. The predicted molar refractivity (Wildman–Crippen MR) is 98.6 cm³/mol. The van der Waals surface area contributed by atoms with Crippen LogP contribution in [-0.4, -0.2) is 21.8 Å². The summed E-state index contributed by atoms with van der Waals surface area (Å²) in [5.41, 5.74) is 3.85. The summed E-state index contributed by atoms with van der Waals surface area (Å²) in [5, 5.41) is 2.91. The molecule has 0 atom stereocenters. The maximum absolute atomic E-state index is 12.1. The van der Waals surface area contributed by atoms with E-state index in [2.05, 4.69) is 28.0 Å². The Morgan fingerprint density at radius 2 is 2.04 bits per heavy atom. The fraction of sp³-hybridized carbons (Fsp3) is 0.158. The van der Waals surface area contributed by atoms with Crippen LogP contribution >= 0.6 is 11.3 Å². The minimum Gasteiger partial charge on any atom is -0.352 e. The number of carbonyl (C=O) groups excluding carboxylic acids is 1. The summed E-state index contributed by atoms with van der Waals surface area (Å²) in [4.78, 5) is 17.8. The second kappa shape index (κ2) is 6.09. The predicted octanol–water partition coefficient (Wildman–Crippen LogP) is 4.36. The van der Waals surface area contributed by atoms with Crippen molar-refractivity contribution in [3.63, 3.8) is 0 Å². The summed E-state index contributed by atoms with van der Waals surface area (Å²) in [6, 6.07) is 16.0. The molecular formula is C19H17N3OS. The lowest BCUT2D eigenvalue weighted by molar-refractivity contribution is 0.0954. The van der Waals surface area contributed by atoms with Crippen LogP contribution in [0.3, 0.4) is 0 Å². The van der Waals surface area contributed by atoms with Crippen LogP contribution in [0.5, 0.6) is 0 Å². The van der Waals surface area contributed by atoms with Crippen LogP contribution in [0.4, 0.5) is 0 Å². The first-order valence-corrected chi connectivity index (χ1v) is 8.83. The highest BCUT2D eigenvalue weighted by atomic mass is 32.1. The monoisotopic (exact) mass is 335 g/mol. The summed E-state index contributed by atoms with van der Waals surface area (Å²) in [5.74, 6) is -0.0187. The Kier molecular flexibility index (Phi) is 3.78. The molecule has 0 saturated heterocycles. The van der Waals surface area contributed by atoms with Crippen LogP contribution in [-0.2, 0) is 0 Å². The standard InChI is InChI=1S/C19H17N3OS/c1-2-10-20-18(23)14-8-9-16-17(11-14)24-19-21-15(12-22(16)19)13-6-4-3-5-7-13/h3-9,11-12H,2,10H2,1H3,(H,20,23). The average Bonchev–Trinajstić information content (AvgIpc) is 3.17. The van der Waals surface area contributed by atoms with Gasteiger partial charge >= 0.3 is 0 Å². The van der Waals surface area contributed by atoms with E-state index < -0.39 is 0 Å². The third kappa shape index (κ3) is 2.57. The number of benzene rings is 2. The molecule has 4 nitrogen and oxygen atoms in total. The van der Waals surface area contributed by atoms with E-state index in [9.17, 15) is 4.79 Å². The number of hydrogen-bond donors (Lipinski definition) is 1. The lowest BCUT2D eigenvalue weighted by Crippen LogP contribution is -2.23. The summed E-state index contributed by atoms with van der Waals surface area (Å²) >= 11 is 1.60. The van der Waals surface area contributed by atoms with Gasteiger partial charge in [0, 0.05) is 23.9 Å². The molecule has 0 aliphatic rings. The van der Waals surface area contributed by atoms with Crippen LogP contribution < -0.4 is 5.32 Å². The molecule has 0 saturated carbocycles. The Bertz CT molecular complexity index is 1020. The third-order valence-electron chi connectivity index (χ3n) is 3.96. The van der Waals surface area contributed by atoms with Gasteiger partial charge in [0.2, 0.25) is 0 Å². The van der Waals surface area contributed by atoms with Gasteiger partial charge in [-0.1, -0.05) is 48.6 Å². The smallest absolute Gasteiger partial charge is 0.251 e. The Labute approximate surface area is 143 Å². The normalized spacial score (nSPS) is 11.2. The second-order valence-corrected chi connectivity index (χ2v) is 6.69. The molecule has 2 aromatic carbocycles. The van der Waals surface area contributed by atoms with E-state index in [4.69, 9.17) is 4.98 Å². The average molecular weight is 335 g/mol. The zero-order valence-electron chi connectivity index (χ0n) is 13.3. The number of imidazole rings is 1. The molecule has 24 heavy (non-hydrogen) atoms. The quantitative estimate of drug-likeness (QED) is 0.602. The molecule has 1 amide bonds. The van der Waals surface area contributed by atoms with E-state index in [1.807, 2.05) is 43.3 Å². The number of fused-ring (bicyclic) bond motifs is 3. The summed E-state index contributed by atoms with van der Waals surface area (Å²) in [6.07, 6.45) is 2.99. The third-order valence-corrected chi connectivity index (χ3v) is 4.98. The molecule has 1 N–H and O–H groups in total. The molecule has 2 heterocycles. The number of nitrogens with one attached hydrogen (secondary N) is 1. The number of carbonyl (C=O) groups is 1. The number of aromatic nitrogens is 2. The van der Waals surface area contributed by atoms with Crippen LogP contribution in [0, 0.1) is 0 Å². The topological polar surface area (TPSA) is 46.4 Å². The molecule has 0 fully saturated rings. The van der Waals surface area contributed by atoms with Crippen molar-refractivity contribution in [2.75, 3.05) is 6.54 Å². The highest BCUT2D eigenvalue weighted by Crippen LogP contribution is 2.30. The van der Waals surface area contributed by atoms with E-state index in [1.54, 1.807) is 11.3 Å². The molecule has 4 rings (SSSR count). The first kappa shape index (κ1) is 14.9. The van der Waals surface area contributed by atoms with E-state index in [-0.39, 0.29) is 5.91 Å². The molecule has 0 bridgehead atoms. The van der Waals surface area contributed by atoms with Gasteiger partial charge < -0.3 is 5.32 Å². The zero-order valence-corrected chi connectivity index (χ0v) is 14.1. The second-order valence-electron chi connectivity index (χ2n) is 5.69. The molecular weight excluding hydrogens is 318 g/mol. The van der Waals surface area contributed by atoms with Crippen LogP contribution in [0.2, 0.25) is 0 Å². The maximum atomic E-state index is 12.1. The Balaban J connectivity index is 1.74. The summed E-state index contributed by atoms with van der Waals surface area (Å²) in [7, 11) is 0. The largest absolute Gasteiger partial charge is 0.352 e. The van der Waals surface area contributed by atoms with E-state index >= 15 is 0 Å². The van der Waals surface area contributed by atoms with Crippen LogP contribution in [0.1, 0.15) is 23.7 Å². The van der Waals surface area contributed by atoms with E-state index in [0.717, 1.165) is 32.9 Å².